The van der Waals surface area contributed by atoms with Gasteiger partial charge in [0, 0.05) is 25.7 Å². The molecule has 0 aromatic carbocycles. The maximum atomic E-state index is 12.7. The van der Waals surface area contributed by atoms with Gasteiger partial charge in [-0.25, -0.2) is 0 Å². The van der Waals surface area contributed by atoms with E-state index in [0.29, 0.717) is 18.0 Å². The molecule has 5 nitrogen and oxygen atoms in total. The molecule has 0 N–H and O–H groups in total. The summed E-state index contributed by atoms with van der Waals surface area (Å²) in [7, 11) is 0. The van der Waals surface area contributed by atoms with E-state index in [1.807, 2.05) is 17.0 Å². The van der Waals surface area contributed by atoms with Gasteiger partial charge in [-0.3, -0.25) is 14.6 Å². The average Bonchev–Trinajstić information content (AvgIpc) is 3.27. The lowest BCUT2D eigenvalue weighted by Gasteiger charge is -2.39. The molecule has 22 heavy (non-hydrogen) atoms. The summed E-state index contributed by atoms with van der Waals surface area (Å²) in [4.78, 5) is 33.1. The van der Waals surface area contributed by atoms with Crippen LogP contribution in [0, 0.1) is 5.92 Å². The van der Waals surface area contributed by atoms with E-state index in [1.165, 1.54) is 12.8 Å². The Bertz CT molecular complexity index is 585. The highest BCUT2D eigenvalue weighted by Crippen LogP contribution is 2.36. The van der Waals surface area contributed by atoms with Crippen molar-refractivity contribution in [3.63, 3.8) is 0 Å². The minimum atomic E-state index is 0.00817. The first kappa shape index (κ1) is 13.7. The molecule has 1 aromatic rings. The molecule has 5 heteroatoms. The number of nitrogens with zero attached hydrogens (tertiary/aromatic N) is 3. The predicted molar refractivity (Wildman–Crippen MR) is 81.1 cm³/mol. The van der Waals surface area contributed by atoms with Crippen molar-refractivity contribution in [2.75, 3.05) is 13.1 Å². The SMILES string of the molecule is O=C1CC[C@@H]2[C@@H](CCN2C(=O)c2ccccn2)N1CC1CC1. The summed E-state index contributed by atoms with van der Waals surface area (Å²) in [5.74, 6) is 0.984. The summed E-state index contributed by atoms with van der Waals surface area (Å²) in [6.07, 6.45) is 6.42. The van der Waals surface area contributed by atoms with Crippen molar-refractivity contribution in [2.24, 2.45) is 5.92 Å². The lowest BCUT2D eigenvalue weighted by Crippen LogP contribution is -2.53. The molecule has 0 bridgehead atoms. The highest BCUT2D eigenvalue weighted by Gasteiger charge is 2.46. The van der Waals surface area contributed by atoms with Crippen molar-refractivity contribution in [3.05, 3.63) is 30.1 Å². The van der Waals surface area contributed by atoms with Gasteiger partial charge in [-0.1, -0.05) is 6.07 Å². The summed E-state index contributed by atoms with van der Waals surface area (Å²) in [6, 6.07) is 5.82. The van der Waals surface area contributed by atoms with Crippen LogP contribution in [0.2, 0.25) is 0 Å². The van der Waals surface area contributed by atoms with Crippen molar-refractivity contribution >= 4 is 11.8 Å². The monoisotopic (exact) mass is 299 g/mol. The number of hydrogen-bond donors (Lipinski definition) is 0. The minimum absolute atomic E-state index is 0.00817. The zero-order valence-electron chi connectivity index (χ0n) is 12.6. The van der Waals surface area contributed by atoms with Crippen molar-refractivity contribution < 1.29 is 9.59 Å². The van der Waals surface area contributed by atoms with Crippen LogP contribution in [0.15, 0.2) is 24.4 Å². The number of hydrogen-bond acceptors (Lipinski definition) is 3. The van der Waals surface area contributed by atoms with Crippen LogP contribution >= 0.6 is 0 Å². The Morgan fingerprint density at radius 1 is 1.18 bits per heavy atom. The van der Waals surface area contributed by atoms with Crippen molar-refractivity contribution in [2.45, 2.75) is 44.2 Å². The Morgan fingerprint density at radius 3 is 2.77 bits per heavy atom. The number of pyridine rings is 1. The van der Waals surface area contributed by atoms with Crippen LogP contribution in [0.5, 0.6) is 0 Å². The molecule has 2 aliphatic heterocycles. The van der Waals surface area contributed by atoms with Gasteiger partial charge in [-0.15, -0.1) is 0 Å². The van der Waals surface area contributed by atoms with E-state index in [-0.39, 0.29) is 23.9 Å². The molecular formula is C17H21N3O2. The molecular weight excluding hydrogens is 278 g/mol. The van der Waals surface area contributed by atoms with Gasteiger partial charge in [0.1, 0.15) is 5.69 Å². The first-order valence-electron chi connectivity index (χ1n) is 8.25. The van der Waals surface area contributed by atoms with E-state index >= 15 is 0 Å². The molecule has 1 aliphatic carbocycles. The average molecular weight is 299 g/mol. The van der Waals surface area contributed by atoms with Gasteiger partial charge in [0.05, 0.1) is 12.1 Å². The van der Waals surface area contributed by atoms with Gasteiger partial charge in [0.15, 0.2) is 0 Å². The molecule has 3 heterocycles. The zero-order chi connectivity index (χ0) is 15.1. The number of carbonyl (C=O) groups excluding carboxylic acids is 2. The molecule has 116 valence electrons. The van der Waals surface area contributed by atoms with E-state index < -0.39 is 0 Å². The first-order chi connectivity index (χ1) is 10.7. The molecule has 3 fully saturated rings. The van der Waals surface area contributed by atoms with Gasteiger partial charge in [-0.05, 0) is 43.7 Å². The van der Waals surface area contributed by atoms with Crippen LogP contribution in [0.3, 0.4) is 0 Å². The number of fused-ring (bicyclic) bond motifs is 1. The van der Waals surface area contributed by atoms with Crippen LogP contribution in [-0.4, -0.2) is 51.8 Å². The predicted octanol–water partition coefficient (Wildman–Crippen LogP) is 1.70. The highest BCUT2D eigenvalue weighted by molar-refractivity contribution is 5.93. The third-order valence-electron chi connectivity index (χ3n) is 5.18. The third-order valence-corrected chi connectivity index (χ3v) is 5.18. The number of likely N-dealkylation sites (tertiary alicyclic amines) is 2. The van der Waals surface area contributed by atoms with Gasteiger partial charge >= 0.3 is 0 Å². The number of rotatable bonds is 3. The summed E-state index contributed by atoms with van der Waals surface area (Å²) >= 11 is 0. The van der Waals surface area contributed by atoms with E-state index in [0.717, 1.165) is 25.9 Å². The molecule has 2 atom stereocenters. The van der Waals surface area contributed by atoms with E-state index in [1.54, 1.807) is 12.3 Å². The Balaban J connectivity index is 1.52. The third kappa shape index (κ3) is 2.38. The molecule has 4 rings (SSSR count). The topological polar surface area (TPSA) is 53.5 Å². The maximum absolute atomic E-state index is 12.7. The summed E-state index contributed by atoms with van der Waals surface area (Å²) < 4.78 is 0. The number of amides is 2. The van der Waals surface area contributed by atoms with Crippen molar-refractivity contribution in [1.82, 2.24) is 14.8 Å². The number of aromatic nitrogens is 1. The Morgan fingerprint density at radius 2 is 2.05 bits per heavy atom. The number of piperidine rings is 1. The zero-order valence-corrected chi connectivity index (χ0v) is 12.6. The second-order valence-electron chi connectivity index (χ2n) is 6.67. The first-order valence-corrected chi connectivity index (χ1v) is 8.25. The van der Waals surface area contributed by atoms with Gasteiger partial charge in [-0.2, -0.15) is 0 Å². The molecule has 0 spiro atoms. The standard InChI is InChI=1S/C17H21N3O2/c21-16-7-6-14-15(20(16)11-12-4-5-12)8-10-19(14)17(22)13-3-1-2-9-18-13/h1-3,9,12,14-15H,4-8,10-11H2/t14-,15-/m1/s1. The minimum Gasteiger partial charge on any atom is -0.337 e. The summed E-state index contributed by atoms with van der Waals surface area (Å²) in [6.45, 7) is 1.63. The summed E-state index contributed by atoms with van der Waals surface area (Å²) in [5, 5.41) is 0. The van der Waals surface area contributed by atoms with E-state index in [4.69, 9.17) is 0 Å². The quantitative estimate of drug-likeness (QED) is 0.853. The van der Waals surface area contributed by atoms with Gasteiger partial charge < -0.3 is 9.80 Å². The van der Waals surface area contributed by atoms with Gasteiger partial charge in [0.2, 0.25) is 5.91 Å². The highest BCUT2D eigenvalue weighted by atomic mass is 16.2. The molecule has 2 saturated heterocycles. The Labute approximate surface area is 130 Å². The summed E-state index contributed by atoms with van der Waals surface area (Å²) in [5.41, 5.74) is 0.508. The van der Waals surface area contributed by atoms with Crippen molar-refractivity contribution in [1.29, 1.82) is 0 Å². The lowest BCUT2D eigenvalue weighted by atomic mass is 9.95. The molecule has 1 saturated carbocycles. The fourth-order valence-electron chi connectivity index (χ4n) is 3.85. The normalized spacial score (nSPS) is 27.9. The van der Waals surface area contributed by atoms with Gasteiger partial charge in [0.25, 0.3) is 5.91 Å². The fraction of sp³-hybridized carbons (Fsp3) is 0.588. The van der Waals surface area contributed by atoms with Crippen molar-refractivity contribution in [3.8, 4) is 0 Å². The second-order valence-corrected chi connectivity index (χ2v) is 6.67. The van der Waals surface area contributed by atoms with E-state index in [2.05, 4.69) is 9.88 Å². The van der Waals surface area contributed by atoms with Crippen LogP contribution in [-0.2, 0) is 4.79 Å². The Kier molecular flexibility index (Phi) is 3.36. The van der Waals surface area contributed by atoms with E-state index in [9.17, 15) is 9.59 Å². The van der Waals surface area contributed by atoms with Crippen LogP contribution < -0.4 is 0 Å². The molecule has 1 aromatic heterocycles. The number of carbonyl (C=O) groups is 2. The molecule has 3 aliphatic rings. The van der Waals surface area contributed by atoms with Crippen LogP contribution in [0.1, 0.15) is 42.6 Å². The Hall–Kier alpha value is -1.91. The lowest BCUT2D eigenvalue weighted by molar-refractivity contribution is -0.137. The van der Waals surface area contributed by atoms with Crippen LogP contribution in [0.25, 0.3) is 0 Å². The molecule has 0 radical (unpaired) electrons. The second kappa shape index (κ2) is 5.38. The maximum Gasteiger partial charge on any atom is 0.272 e. The fourth-order valence-corrected chi connectivity index (χ4v) is 3.85. The molecule has 0 unspecified atom stereocenters. The smallest absolute Gasteiger partial charge is 0.272 e. The largest absolute Gasteiger partial charge is 0.337 e. The molecule has 2 amide bonds. The van der Waals surface area contributed by atoms with Crippen LogP contribution in [0.4, 0.5) is 0 Å².